The van der Waals surface area contributed by atoms with E-state index in [1.165, 1.54) is 12.3 Å². The zero-order valence-corrected chi connectivity index (χ0v) is 18.1. The van der Waals surface area contributed by atoms with Gasteiger partial charge in [0, 0.05) is 51.7 Å². The molecular formula is C23H25F3N6O. The Bertz CT molecular complexity index is 1040. The number of hydrogen-bond donors (Lipinski definition) is 0. The molecule has 0 radical (unpaired) electrons. The lowest BCUT2D eigenvalue weighted by molar-refractivity contribution is -0.137. The van der Waals surface area contributed by atoms with E-state index in [4.69, 9.17) is 0 Å². The number of carbonyl (C=O) groups is 1. The van der Waals surface area contributed by atoms with Crippen molar-refractivity contribution in [3.8, 4) is 6.07 Å². The number of rotatable bonds is 3. The number of hydrogen-bond acceptors (Lipinski definition) is 6. The maximum absolute atomic E-state index is 13.5. The summed E-state index contributed by atoms with van der Waals surface area (Å²) in [6.07, 6.45) is 0.497. The molecular weight excluding hydrogens is 433 g/mol. The van der Waals surface area contributed by atoms with Gasteiger partial charge in [-0.25, -0.2) is 9.97 Å². The molecule has 1 unspecified atom stereocenters. The highest BCUT2D eigenvalue weighted by Gasteiger charge is 2.38. The molecule has 1 amide bonds. The van der Waals surface area contributed by atoms with E-state index in [9.17, 15) is 23.2 Å². The van der Waals surface area contributed by atoms with Crippen LogP contribution in [0.15, 0.2) is 36.7 Å². The molecule has 0 N–H and O–H groups in total. The van der Waals surface area contributed by atoms with E-state index >= 15 is 0 Å². The second kappa shape index (κ2) is 9.65. The van der Waals surface area contributed by atoms with Gasteiger partial charge in [-0.05, 0) is 43.5 Å². The smallest absolute Gasteiger partial charge is 0.355 e. The monoisotopic (exact) mass is 458 g/mol. The topological polar surface area (TPSA) is 76.4 Å². The minimum Gasteiger partial charge on any atom is -0.355 e. The lowest BCUT2D eigenvalue weighted by Crippen LogP contribution is -2.46. The lowest BCUT2D eigenvalue weighted by atomic mass is 9.96. The van der Waals surface area contributed by atoms with E-state index in [-0.39, 0.29) is 24.2 Å². The summed E-state index contributed by atoms with van der Waals surface area (Å²) >= 11 is 0. The Kier molecular flexibility index (Phi) is 6.67. The molecule has 2 aromatic rings. The number of nitrogens with zero attached hydrogens (tertiary/aromatic N) is 6. The van der Waals surface area contributed by atoms with Crippen molar-refractivity contribution in [3.05, 3.63) is 47.8 Å². The zero-order valence-electron chi connectivity index (χ0n) is 18.1. The van der Waals surface area contributed by atoms with Gasteiger partial charge in [0.2, 0.25) is 5.91 Å². The molecule has 7 nitrogen and oxygen atoms in total. The number of amides is 1. The van der Waals surface area contributed by atoms with E-state index in [1.807, 2.05) is 4.90 Å². The van der Waals surface area contributed by atoms with Crippen molar-refractivity contribution in [2.24, 2.45) is 5.92 Å². The second-order valence-corrected chi connectivity index (χ2v) is 8.31. The number of nitriles is 1. The predicted molar refractivity (Wildman–Crippen MR) is 117 cm³/mol. The van der Waals surface area contributed by atoms with Crippen molar-refractivity contribution in [2.75, 3.05) is 49.1 Å². The summed E-state index contributed by atoms with van der Waals surface area (Å²) in [4.78, 5) is 27.0. The summed E-state index contributed by atoms with van der Waals surface area (Å²) in [6, 6.07) is 7.91. The highest BCUT2D eigenvalue weighted by molar-refractivity contribution is 5.80. The van der Waals surface area contributed by atoms with Crippen LogP contribution in [0.1, 0.15) is 30.4 Å². The quantitative estimate of drug-likeness (QED) is 0.703. The molecule has 1 atom stereocenters. The third-order valence-corrected chi connectivity index (χ3v) is 6.18. The number of pyridine rings is 2. The minimum atomic E-state index is -4.50. The Balaban J connectivity index is 1.44. The van der Waals surface area contributed by atoms with Gasteiger partial charge < -0.3 is 14.7 Å². The van der Waals surface area contributed by atoms with Gasteiger partial charge in [-0.2, -0.15) is 18.4 Å². The van der Waals surface area contributed by atoms with Gasteiger partial charge >= 0.3 is 6.18 Å². The maximum atomic E-state index is 13.5. The fourth-order valence-corrected chi connectivity index (χ4v) is 4.59. The molecule has 10 heteroatoms. The van der Waals surface area contributed by atoms with Gasteiger partial charge in [0.1, 0.15) is 17.7 Å². The summed E-state index contributed by atoms with van der Waals surface area (Å²) in [5.74, 6) is 0.0992. The Labute approximate surface area is 190 Å². The number of alkyl halides is 3. The fourth-order valence-electron chi connectivity index (χ4n) is 4.59. The first kappa shape index (κ1) is 22.8. The number of piperidine rings is 1. The van der Waals surface area contributed by atoms with Crippen LogP contribution >= 0.6 is 0 Å². The van der Waals surface area contributed by atoms with Crippen LogP contribution in [0.4, 0.5) is 24.8 Å². The van der Waals surface area contributed by atoms with Crippen LogP contribution in [0.5, 0.6) is 0 Å². The van der Waals surface area contributed by atoms with Crippen molar-refractivity contribution < 1.29 is 18.0 Å². The van der Waals surface area contributed by atoms with Crippen molar-refractivity contribution in [3.63, 3.8) is 0 Å². The zero-order chi connectivity index (χ0) is 23.4. The van der Waals surface area contributed by atoms with E-state index in [0.29, 0.717) is 56.9 Å². The Morgan fingerprint density at radius 3 is 2.45 bits per heavy atom. The molecule has 2 aliphatic heterocycles. The summed E-state index contributed by atoms with van der Waals surface area (Å²) in [5, 5.41) is 9.36. The normalized spacial score (nSPS) is 19.7. The molecule has 4 heterocycles. The second-order valence-electron chi connectivity index (χ2n) is 8.31. The third kappa shape index (κ3) is 5.02. The molecule has 4 rings (SSSR count). The van der Waals surface area contributed by atoms with E-state index in [0.717, 1.165) is 12.5 Å². The molecule has 2 aliphatic rings. The average Bonchev–Trinajstić information content (AvgIpc) is 3.09. The Morgan fingerprint density at radius 1 is 0.970 bits per heavy atom. The SMILES string of the molecule is N#Cc1cccnc1N1CCCN(C(=O)C2CCCN(c3ncccc3C(F)(F)F)C2)CC1. The van der Waals surface area contributed by atoms with Crippen LogP contribution < -0.4 is 9.80 Å². The van der Waals surface area contributed by atoms with Crippen LogP contribution in [0.2, 0.25) is 0 Å². The highest BCUT2D eigenvalue weighted by Crippen LogP contribution is 2.36. The third-order valence-electron chi connectivity index (χ3n) is 6.18. The van der Waals surface area contributed by atoms with Crippen LogP contribution in [0.3, 0.4) is 0 Å². The molecule has 0 aromatic carbocycles. The van der Waals surface area contributed by atoms with Gasteiger partial charge in [0.15, 0.2) is 0 Å². The Morgan fingerprint density at radius 2 is 1.70 bits per heavy atom. The fraction of sp³-hybridized carbons (Fsp3) is 0.478. The molecule has 0 aliphatic carbocycles. The van der Waals surface area contributed by atoms with Crippen LogP contribution in [-0.4, -0.2) is 60.0 Å². The first-order valence-corrected chi connectivity index (χ1v) is 11.0. The van der Waals surface area contributed by atoms with Crippen LogP contribution in [0.25, 0.3) is 0 Å². The van der Waals surface area contributed by atoms with Crippen molar-refractivity contribution in [1.29, 1.82) is 5.26 Å². The molecule has 174 valence electrons. The van der Waals surface area contributed by atoms with Gasteiger partial charge in [-0.1, -0.05) is 0 Å². The van der Waals surface area contributed by atoms with Gasteiger partial charge in [0.05, 0.1) is 17.0 Å². The largest absolute Gasteiger partial charge is 0.419 e. The number of carbonyl (C=O) groups excluding carboxylic acids is 1. The molecule has 0 bridgehead atoms. The van der Waals surface area contributed by atoms with Gasteiger partial charge in [-0.15, -0.1) is 0 Å². The maximum Gasteiger partial charge on any atom is 0.419 e. The average molecular weight is 458 g/mol. The number of halogens is 3. The van der Waals surface area contributed by atoms with Crippen LogP contribution in [-0.2, 0) is 11.0 Å². The summed E-state index contributed by atoms with van der Waals surface area (Å²) < 4.78 is 40.4. The van der Waals surface area contributed by atoms with Crippen LogP contribution in [0, 0.1) is 17.2 Å². The number of anilines is 2. The Hall–Kier alpha value is -3.35. The highest BCUT2D eigenvalue weighted by atomic mass is 19.4. The lowest BCUT2D eigenvalue weighted by Gasteiger charge is -2.36. The molecule has 2 aromatic heterocycles. The standard InChI is InChI=1S/C23H25F3N6O/c24-23(25,26)19-7-2-9-29-21(19)32-10-3-6-18(16-32)22(33)31-12-4-11-30(13-14-31)20-17(15-27)5-1-8-28-20/h1-2,5,7-9,18H,3-4,6,10-14,16H2. The molecule has 0 spiro atoms. The molecule has 2 fully saturated rings. The predicted octanol–water partition coefficient (Wildman–Crippen LogP) is 3.32. The number of aromatic nitrogens is 2. The van der Waals surface area contributed by atoms with Crippen molar-refractivity contribution >= 4 is 17.5 Å². The van der Waals surface area contributed by atoms with Gasteiger partial charge in [-0.3, -0.25) is 4.79 Å². The molecule has 2 saturated heterocycles. The minimum absolute atomic E-state index is 0.0347. The van der Waals surface area contributed by atoms with Crippen molar-refractivity contribution in [1.82, 2.24) is 14.9 Å². The summed E-state index contributed by atoms with van der Waals surface area (Å²) in [5.41, 5.74) is -0.275. The molecule has 0 saturated carbocycles. The molecule has 33 heavy (non-hydrogen) atoms. The first-order chi connectivity index (χ1) is 15.9. The van der Waals surface area contributed by atoms with E-state index in [1.54, 1.807) is 28.1 Å². The summed E-state index contributed by atoms with van der Waals surface area (Å²) in [7, 11) is 0. The van der Waals surface area contributed by atoms with Gasteiger partial charge in [0.25, 0.3) is 0 Å². The van der Waals surface area contributed by atoms with E-state index in [2.05, 4.69) is 16.0 Å². The van der Waals surface area contributed by atoms with Crippen molar-refractivity contribution in [2.45, 2.75) is 25.4 Å². The first-order valence-electron chi connectivity index (χ1n) is 11.0. The summed E-state index contributed by atoms with van der Waals surface area (Å²) in [6.45, 7) is 2.93. The van der Waals surface area contributed by atoms with E-state index < -0.39 is 11.7 Å².